The quantitative estimate of drug-likeness (QED) is 0.358. The molecule has 186 valence electrons. The van der Waals surface area contributed by atoms with E-state index in [4.69, 9.17) is 21.1 Å². The molecule has 5 rings (SSSR count). The Morgan fingerprint density at radius 2 is 1.89 bits per heavy atom. The number of halogens is 1. The van der Waals surface area contributed by atoms with Crippen LogP contribution in [0.1, 0.15) is 0 Å². The lowest BCUT2D eigenvalue weighted by Crippen LogP contribution is -2.38. The van der Waals surface area contributed by atoms with E-state index in [1.807, 2.05) is 67.7 Å². The molecule has 1 saturated heterocycles. The van der Waals surface area contributed by atoms with Gasteiger partial charge in [0.1, 0.15) is 12.4 Å². The van der Waals surface area contributed by atoms with Crippen LogP contribution in [0.4, 0.5) is 16.2 Å². The van der Waals surface area contributed by atoms with E-state index in [9.17, 15) is 4.79 Å². The van der Waals surface area contributed by atoms with Crippen molar-refractivity contribution in [2.24, 2.45) is 7.05 Å². The van der Waals surface area contributed by atoms with Crippen molar-refractivity contribution in [2.45, 2.75) is 0 Å². The minimum absolute atomic E-state index is 0.339. The van der Waals surface area contributed by atoms with Crippen molar-refractivity contribution in [1.82, 2.24) is 14.7 Å². The van der Waals surface area contributed by atoms with Crippen LogP contribution in [0, 0.1) is 0 Å². The van der Waals surface area contributed by atoms with Crippen LogP contribution >= 0.6 is 11.6 Å². The summed E-state index contributed by atoms with van der Waals surface area (Å²) in [5.74, 6) is 0.675. The molecule has 8 nitrogen and oxygen atoms in total. The van der Waals surface area contributed by atoms with Gasteiger partial charge >= 0.3 is 6.03 Å². The average molecular weight is 506 g/mol. The predicted octanol–water partition coefficient (Wildman–Crippen LogP) is 5.25. The zero-order valence-corrected chi connectivity index (χ0v) is 20.8. The summed E-state index contributed by atoms with van der Waals surface area (Å²) in [6.07, 6.45) is 1.60. The molecule has 1 aliphatic heterocycles. The van der Waals surface area contributed by atoms with Gasteiger partial charge in [-0.25, -0.2) is 4.79 Å². The molecule has 2 amide bonds. The summed E-state index contributed by atoms with van der Waals surface area (Å²) in [5.41, 5.74) is 2.82. The maximum Gasteiger partial charge on any atom is 0.323 e. The van der Waals surface area contributed by atoms with Gasteiger partial charge in [0.25, 0.3) is 0 Å². The molecule has 1 fully saturated rings. The number of ether oxygens (including phenoxy) is 2. The lowest BCUT2D eigenvalue weighted by molar-refractivity contribution is 0.0323. The van der Waals surface area contributed by atoms with E-state index in [-0.39, 0.29) is 6.03 Å². The molecule has 0 saturated carbocycles. The number of carbonyl (C=O) groups is 1. The van der Waals surface area contributed by atoms with Gasteiger partial charge in [0, 0.05) is 43.3 Å². The zero-order chi connectivity index (χ0) is 24.9. The van der Waals surface area contributed by atoms with Gasteiger partial charge in [0.15, 0.2) is 0 Å². The van der Waals surface area contributed by atoms with Gasteiger partial charge in [0.05, 0.1) is 35.8 Å². The fraction of sp³-hybridized carbons (Fsp3) is 0.259. The first kappa shape index (κ1) is 24.1. The Bertz CT molecular complexity index is 1340. The number of rotatable bonds is 7. The molecular weight excluding hydrogens is 478 g/mol. The van der Waals surface area contributed by atoms with Crippen LogP contribution in [0.2, 0.25) is 5.02 Å². The molecule has 2 N–H and O–H groups in total. The summed E-state index contributed by atoms with van der Waals surface area (Å²) in [4.78, 5) is 15.2. The highest BCUT2D eigenvalue weighted by Crippen LogP contribution is 2.36. The number of anilines is 2. The molecule has 4 aromatic rings. The highest BCUT2D eigenvalue weighted by Gasteiger charge is 2.17. The number of aromatic nitrogens is 2. The minimum atomic E-state index is -0.339. The first-order chi connectivity index (χ1) is 17.6. The largest absolute Gasteiger partial charge is 0.492 e. The predicted molar refractivity (Wildman–Crippen MR) is 143 cm³/mol. The van der Waals surface area contributed by atoms with Crippen LogP contribution in [-0.4, -0.2) is 60.2 Å². The Morgan fingerprint density at radius 3 is 2.69 bits per heavy atom. The second-order valence-electron chi connectivity index (χ2n) is 8.58. The summed E-state index contributed by atoms with van der Waals surface area (Å²) >= 11 is 6.47. The van der Waals surface area contributed by atoms with Crippen LogP contribution in [0.3, 0.4) is 0 Å². The maximum atomic E-state index is 12.9. The van der Waals surface area contributed by atoms with Gasteiger partial charge in [-0.1, -0.05) is 48.0 Å². The summed E-state index contributed by atoms with van der Waals surface area (Å²) in [5, 5.41) is 12.7. The van der Waals surface area contributed by atoms with Gasteiger partial charge in [-0.15, -0.1) is 0 Å². The van der Waals surface area contributed by atoms with Crippen molar-refractivity contribution in [3.05, 3.63) is 71.9 Å². The van der Waals surface area contributed by atoms with E-state index in [0.29, 0.717) is 23.1 Å². The van der Waals surface area contributed by atoms with Crippen LogP contribution in [-0.2, 0) is 11.8 Å². The monoisotopic (exact) mass is 505 g/mol. The van der Waals surface area contributed by atoms with E-state index in [1.54, 1.807) is 10.9 Å². The SMILES string of the molecule is Cn1ncc(Cl)c1-c1cc(NC(=O)Nc2cccc3ccccc23)ccc1OCCN1CCOCC1. The molecule has 2 heterocycles. The Balaban J connectivity index is 1.34. The average Bonchev–Trinajstić information content (AvgIpc) is 3.23. The van der Waals surface area contributed by atoms with E-state index in [1.165, 1.54) is 0 Å². The normalized spacial score (nSPS) is 14.1. The molecular formula is C27H28ClN5O3. The molecule has 1 aliphatic rings. The Hall–Kier alpha value is -3.59. The molecule has 0 aliphatic carbocycles. The smallest absolute Gasteiger partial charge is 0.323 e. The summed E-state index contributed by atoms with van der Waals surface area (Å²) < 4.78 is 13.3. The Labute approximate surface area is 214 Å². The fourth-order valence-corrected chi connectivity index (χ4v) is 4.63. The maximum absolute atomic E-state index is 12.9. The third kappa shape index (κ3) is 5.46. The van der Waals surface area contributed by atoms with Crippen LogP contribution in [0.15, 0.2) is 66.9 Å². The molecule has 9 heteroatoms. The Kier molecular flexibility index (Phi) is 7.36. The number of nitrogens with one attached hydrogen (secondary N) is 2. The molecule has 0 bridgehead atoms. The second-order valence-corrected chi connectivity index (χ2v) is 8.99. The lowest BCUT2D eigenvalue weighted by atomic mass is 10.1. The lowest BCUT2D eigenvalue weighted by Gasteiger charge is -2.26. The van der Waals surface area contributed by atoms with Crippen LogP contribution in [0.5, 0.6) is 5.75 Å². The van der Waals surface area contributed by atoms with E-state index < -0.39 is 0 Å². The topological polar surface area (TPSA) is 80.7 Å². The highest BCUT2D eigenvalue weighted by atomic mass is 35.5. The van der Waals surface area contributed by atoms with E-state index in [2.05, 4.69) is 20.6 Å². The summed E-state index contributed by atoms with van der Waals surface area (Å²) in [6, 6.07) is 18.9. The standard InChI is InChI=1S/C27H28ClN5O3/c1-32-26(23(28)18-29-32)22-17-20(9-10-25(22)36-16-13-33-11-14-35-15-12-33)30-27(34)31-24-8-4-6-19-5-2-3-7-21(19)24/h2-10,17-18H,11-16H2,1H3,(H2,30,31,34). The van der Waals surface area contributed by atoms with E-state index >= 15 is 0 Å². The molecule has 3 aromatic carbocycles. The number of amides is 2. The van der Waals surface area contributed by atoms with Crippen molar-refractivity contribution >= 4 is 39.8 Å². The third-order valence-corrected chi connectivity index (χ3v) is 6.47. The van der Waals surface area contributed by atoms with Gasteiger partial charge in [0.2, 0.25) is 0 Å². The van der Waals surface area contributed by atoms with Crippen molar-refractivity contribution < 1.29 is 14.3 Å². The first-order valence-electron chi connectivity index (χ1n) is 11.9. The molecule has 0 unspecified atom stereocenters. The highest BCUT2D eigenvalue weighted by molar-refractivity contribution is 6.33. The van der Waals surface area contributed by atoms with Gasteiger partial charge < -0.3 is 20.1 Å². The summed E-state index contributed by atoms with van der Waals surface area (Å²) in [6.45, 7) is 4.62. The second kappa shape index (κ2) is 11.0. The van der Waals surface area contributed by atoms with Crippen molar-refractivity contribution in [2.75, 3.05) is 50.1 Å². The number of nitrogens with zero attached hydrogens (tertiary/aromatic N) is 3. The minimum Gasteiger partial charge on any atom is -0.492 e. The zero-order valence-electron chi connectivity index (χ0n) is 20.0. The number of hydrogen-bond acceptors (Lipinski definition) is 5. The fourth-order valence-electron chi connectivity index (χ4n) is 4.36. The number of fused-ring (bicyclic) bond motifs is 1. The molecule has 1 aromatic heterocycles. The Morgan fingerprint density at radius 1 is 1.08 bits per heavy atom. The van der Waals surface area contributed by atoms with Gasteiger partial charge in [-0.2, -0.15) is 5.10 Å². The number of aryl methyl sites for hydroxylation is 1. The first-order valence-corrected chi connectivity index (χ1v) is 12.3. The number of urea groups is 1. The van der Waals surface area contributed by atoms with Crippen LogP contribution in [0.25, 0.3) is 22.0 Å². The van der Waals surface area contributed by atoms with E-state index in [0.717, 1.165) is 60.6 Å². The number of hydrogen-bond donors (Lipinski definition) is 2. The number of carbonyl (C=O) groups excluding carboxylic acids is 1. The van der Waals surface area contributed by atoms with Gasteiger partial charge in [-0.05, 0) is 29.7 Å². The summed E-state index contributed by atoms with van der Waals surface area (Å²) in [7, 11) is 1.83. The third-order valence-electron chi connectivity index (χ3n) is 6.19. The van der Waals surface area contributed by atoms with Crippen molar-refractivity contribution in [3.8, 4) is 17.0 Å². The van der Waals surface area contributed by atoms with Crippen molar-refractivity contribution in [3.63, 3.8) is 0 Å². The number of morpholine rings is 1. The molecule has 0 radical (unpaired) electrons. The molecule has 0 spiro atoms. The number of benzene rings is 3. The molecule has 36 heavy (non-hydrogen) atoms. The van der Waals surface area contributed by atoms with Crippen LogP contribution < -0.4 is 15.4 Å². The molecule has 0 atom stereocenters. The van der Waals surface area contributed by atoms with Crippen molar-refractivity contribution in [1.29, 1.82) is 0 Å². The van der Waals surface area contributed by atoms with Gasteiger partial charge in [-0.3, -0.25) is 9.58 Å².